The summed E-state index contributed by atoms with van der Waals surface area (Å²) in [5.74, 6) is 0.0947. The van der Waals surface area contributed by atoms with Crippen molar-refractivity contribution in [3.63, 3.8) is 0 Å². The lowest BCUT2D eigenvalue weighted by atomic mass is 10.2. The van der Waals surface area contributed by atoms with E-state index in [0.29, 0.717) is 13.2 Å². The Morgan fingerprint density at radius 2 is 2.09 bits per heavy atom. The van der Waals surface area contributed by atoms with Gasteiger partial charge in [0.1, 0.15) is 0 Å². The van der Waals surface area contributed by atoms with Gasteiger partial charge in [0.05, 0.1) is 6.04 Å². The summed E-state index contributed by atoms with van der Waals surface area (Å²) in [6, 6.07) is 7.83. The van der Waals surface area contributed by atoms with Crippen LogP contribution in [0.3, 0.4) is 0 Å². The summed E-state index contributed by atoms with van der Waals surface area (Å²) in [5, 5.41) is 3.73. The molecule has 1 unspecified atom stereocenters. The molecule has 1 amide bonds. The number of benzene rings is 1. The standard InChI is InChI=1S/C17H26ClN3O2/c1-14(17(22)19-7-4-12-23-2)20-8-10-21(11-9-20)16-6-3-5-15(18)13-16/h3,5-6,13-14H,4,7-12H2,1-2H3,(H,19,22). The monoisotopic (exact) mass is 339 g/mol. The van der Waals surface area contributed by atoms with Gasteiger partial charge in [-0.2, -0.15) is 0 Å². The fraction of sp³-hybridized carbons (Fsp3) is 0.588. The first kappa shape index (κ1) is 18.0. The highest BCUT2D eigenvalue weighted by Crippen LogP contribution is 2.21. The summed E-state index contributed by atoms with van der Waals surface area (Å²) in [6.45, 7) is 6.87. The molecule has 0 bridgehead atoms. The number of piperazine rings is 1. The molecule has 2 rings (SSSR count). The van der Waals surface area contributed by atoms with Gasteiger partial charge in [0.25, 0.3) is 0 Å². The second-order valence-corrected chi connectivity index (χ2v) is 6.25. The number of nitrogens with one attached hydrogen (secondary N) is 1. The van der Waals surface area contributed by atoms with E-state index in [-0.39, 0.29) is 11.9 Å². The van der Waals surface area contributed by atoms with E-state index in [4.69, 9.17) is 16.3 Å². The first-order valence-electron chi connectivity index (χ1n) is 8.13. The van der Waals surface area contributed by atoms with Crippen LogP contribution in [0.5, 0.6) is 0 Å². The zero-order chi connectivity index (χ0) is 16.7. The smallest absolute Gasteiger partial charge is 0.237 e. The van der Waals surface area contributed by atoms with Gasteiger partial charge in [-0.1, -0.05) is 17.7 Å². The van der Waals surface area contributed by atoms with Crippen LogP contribution in [0.15, 0.2) is 24.3 Å². The number of hydrogen-bond acceptors (Lipinski definition) is 4. The SMILES string of the molecule is COCCCNC(=O)C(C)N1CCN(c2cccc(Cl)c2)CC1. The van der Waals surface area contributed by atoms with Crippen LogP contribution < -0.4 is 10.2 Å². The average molecular weight is 340 g/mol. The van der Waals surface area contributed by atoms with Crippen molar-refractivity contribution in [3.8, 4) is 0 Å². The molecule has 1 aliphatic rings. The van der Waals surface area contributed by atoms with Crippen molar-refractivity contribution in [1.82, 2.24) is 10.2 Å². The third kappa shape index (κ3) is 5.37. The number of carbonyl (C=O) groups excluding carboxylic acids is 1. The number of rotatable bonds is 7. The molecule has 6 heteroatoms. The van der Waals surface area contributed by atoms with E-state index in [2.05, 4.69) is 21.2 Å². The van der Waals surface area contributed by atoms with E-state index in [9.17, 15) is 4.79 Å². The largest absolute Gasteiger partial charge is 0.385 e. The van der Waals surface area contributed by atoms with E-state index in [1.165, 1.54) is 0 Å². The Hall–Kier alpha value is -1.30. The Morgan fingerprint density at radius 1 is 1.35 bits per heavy atom. The maximum atomic E-state index is 12.2. The molecule has 128 valence electrons. The average Bonchev–Trinajstić information content (AvgIpc) is 2.58. The van der Waals surface area contributed by atoms with Gasteiger partial charge >= 0.3 is 0 Å². The van der Waals surface area contributed by atoms with Crippen LogP contribution in [-0.2, 0) is 9.53 Å². The molecule has 1 aliphatic heterocycles. The minimum Gasteiger partial charge on any atom is -0.385 e. The zero-order valence-corrected chi connectivity index (χ0v) is 14.7. The summed E-state index contributed by atoms with van der Waals surface area (Å²) in [6.07, 6.45) is 0.845. The fourth-order valence-corrected chi connectivity index (χ4v) is 2.97. The van der Waals surface area contributed by atoms with Gasteiger partial charge in [0.15, 0.2) is 0 Å². The Bertz CT molecular complexity index is 504. The summed E-state index contributed by atoms with van der Waals surface area (Å²) >= 11 is 6.06. The van der Waals surface area contributed by atoms with Gasteiger partial charge in [0, 0.05) is 57.2 Å². The first-order chi connectivity index (χ1) is 11.1. The molecule has 0 spiro atoms. The molecule has 23 heavy (non-hydrogen) atoms. The Morgan fingerprint density at radius 3 is 2.74 bits per heavy atom. The van der Waals surface area contributed by atoms with Crippen molar-refractivity contribution in [3.05, 3.63) is 29.3 Å². The lowest BCUT2D eigenvalue weighted by Crippen LogP contribution is -2.54. The molecule has 1 N–H and O–H groups in total. The van der Waals surface area contributed by atoms with Crippen LogP contribution >= 0.6 is 11.6 Å². The fourth-order valence-electron chi connectivity index (χ4n) is 2.78. The maximum Gasteiger partial charge on any atom is 0.237 e. The molecule has 5 nitrogen and oxygen atoms in total. The predicted octanol–water partition coefficient (Wildman–Crippen LogP) is 2.00. The highest BCUT2D eigenvalue weighted by molar-refractivity contribution is 6.30. The Kier molecular flexibility index (Phi) is 7.15. The van der Waals surface area contributed by atoms with Gasteiger partial charge in [-0.05, 0) is 31.5 Å². The van der Waals surface area contributed by atoms with E-state index >= 15 is 0 Å². The molecule has 0 aliphatic carbocycles. The summed E-state index contributed by atoms with van der Waals surface area (Å²) in [7, 11) is 1.67. The molecule has 1 fully saturated rings. The van der Waals surface area contributed by atoms with Crippen molar-refractivity contribution in [2.75, 3.05) is 51.3 Å². The van der Waals surface area contributed by atoms with Crippen LogP contribution in [0.25, 0.3) is 0 Å². The van der Waals surface area contributed by atoms with Crippen molar-refractivity contribution >= 4 is 23.2 Å². The van der Waals surface area contributed by atoms with Crippen LogP contribution in [0.1, 0.15) is 13.3 Å². The van der Waals surface area contributed by atoms with Gasteiger partial charge in [-0.15, -0.1) is 0 Å². The normalized spacial score (nSPS) is 17.1. The second kappa shape index (κ2) is 9.11. The van der Waals surface area contributed by atoms with Crippen LogP contribution in [0.4, 0.5) is 5.69 Å². The Labute approximate surface area is 143 Å². The van der Waals surface area contributed by atoms with Gasteiger partial charge < -0.3 is 15.0 Å². The minimum atomic E-state index is -0.0981. The Balaban J connectivity index is 1.78. The van der Waals surface area contributed by atoms with Gasteiger partial charge in [-0.25, -0.2) is 0 Å². The van der Waals surface area contributed by atoms with Crippen molar-refractivity contribution < 1.29 is 9.53 Å². The lowest BCUT2D eigenvalue weighted by Gasteiger charge is -2.38. The molecule has 1 heterocycles. The van der Waals surface area contributed by atoms with E-state index in [1.807, 2.05) is 25.1 Å². The van der Waals surface area contributed by atoms with Crippen LogP contribution in [0, 0.1) is 0 Å². The number of nitrogens with zero attached hydrogens (tertiary/aromatic N) is 2. The zero-order valence-electron chi connectivity index (χ0n) is 13.9. The number of ether oxygens (including phenoxy) is 1. The highest BCUT2D eigenvalue weighted by Gasteiger charge is 2.25. The van der Waals surface area contributed by atoms with Gasteiger partial charge in [0.2, 0.25) is 5.91 Å². The van der Waals surface area contributed by atoms with Crippen molar-refractivity contribution in [1.29, 1.82) is 0 Å². The van der Waals surface area contributed by atoms with Crippen LogP contribution in [0.2, 0.25) is 5.02 Å². The van der Waals surface area contributed by atoms with E-state index in [1.54, 1.807) is 7.11 Å². The predicted molar refractivity (Wildman–Crippen MR) is 94.2 cm³/mol. The molecule has 0 saturated carbocycles. The van der Waals surface area contributed by atoms with E-state index in [0.717, 1.165) is 43.3 Å². The molecular weight excluding hydrogens is 314 g/mol. The number of halogens is 1. The number of hydrogen-bond donors (Lipinski definition) is 1. The quantitative estimate of drug-likeness (QED) is 0.772. The maximum absolute atomic E-state index is 12.2. The molecular formula is C17H26ClN3O2. The molecule has 0 aromatic heterocycles. The van der Waals surface area contributed by atoms with Gasteiger partial charge in [-0.3, -0.25) is 9.69 Å². The van der Waals surface area contributed by atoms with Crippen molar-refractivity contribution in [2.45, 2.75) is 19.4 Å². The number of anilines is 1. The van der Waals surface area contributed by atoms with Crippen molar-refractivity contribution in [2.24, 2.45) is 0 Å². The van der Waals surface area contributed by atoms with E-state index < -0.39 is 0 Å². The molecule has 1 atom stereocenters. The first-order valence-corrected chi connectivity index (χ1v) is 8.51. The minimum absolute atomic E-state index is 0.0947. The lowest BCUT2D eigenvalue weighted by molar-refractivity contribution is -0.126. The molecule has 1 aromatic carbocycles. The van der Waals surface area contributed by atoms with Crippen LogP contribution in [-0.4, -0.2) is 63.3 Å². The third-order valence-electron chi connectivity index (χ3n) is 4.24. The summed E-state index contributed by atoms with van der Waals surface area (Å²) < 4.78 is 4.99. The molecule has 0 radical (unpaired) electrons. The number of carbonyl (C=O) groups is 1. The highest BCUT2D eigenvalue weighted by atomic mass is 35.5. The third-order valence-corrected chi connectivity index (χ3v) is 4.47. The topological polar surface area (TPSA) is 44.8 Å². The summed E-state index contributed by atoms with van der Waals surface area (Å²) in [4.78, 5) is 16.7. The number of amides is 1. The molecule has 1 aromatic rings. The summed E-state index contributed by atoms with van der Waals surface area (Å²) in [5.41, 5.74) is 1.15. The number of methoxy groups -OCH3 is 1. The second-order valence-electron chi connectivity index (χ2n) is 5.82. The molecule has 1 saturated heterocycles.